The molecule has 1 atom stereocenters. The van der Waals surface area contributed by atoms with E-state index in [1.54, 1.807) is 6.92 Å². The van der Waals surface area contributed by atoms with E-state index in [0.29, 0.717) is 0 Å². The van der Waals surface area contributed by atoms with E-state index in [2.05, 4.69) is 0 Å². The van der Waals surface area contributed by atoms with Crippen LogP contribution in [0.2, 0.25) is 0 Å². The van der Waals surface area contributed by atoms with Gasteiger partial charge in [-0.2, -0.15) is 0 Å². The summed E-state index contributed by atoms with van der Waals surface area (Å²) in [6.07, 6.45) is 0. The average molecular weight is 122 g/mol. The van der Waals surface area contributed by atoms with E-state index in [9.17, 15) is 0 Å². The van der Waals surface area contributed by atoms with Gasteiger partial charge in [0.1, 0.15) is 5.17 Å². The zero-order chi connectivity index (χ0) is 5.86. The van der Waals surface area contributed by atoms with Crippen LogP contribution in [-0.2, 0) is 0 Å². The zero-order valence-corrected chi connectivity index (χ0v) is 4.87. The van der Waals surface area contributed by atoms with Gasteiger partial charge in [-0.05, 0) is 0 Å². The highest BCUT2D eigenvalue weighted by Crippen LogP contribution is 1.97. The van der Waals surface area contributed by atoms with Crippen LogP contribution in [0.1, 0.15) is 6.92 Å². The van der Waals surface area contributed by atoms with Gasteiger partial charge in [0, 0.05) is 5.92 Å². The first-order valence-corrected chi connectivity index (χ1v) is 2.41. The van der Waals surface area contributed by atoms with Gasteiger partial charge in [-0.3, -0.25) is 5.41 Å². The summed E-state index contributed by atoms with van der Waals surface area (Å²) in [5.41, 5.74) is 0. The number of aliphatic hydroxyl groups excluding tert-OH is 1. The molecular weight excluding hydrogens is 114 g/mol. The molecule has 42 valence electrons. The van der Waals surface area contributed by atoms with Crippen molar-refractivity contribution in [2.45, 2.75) is 6.92 Å². The standard InChI is InChI=1S/C4H8ClNO/c1-3(2-7)4(5)6/h3,6-7H,2H2,1H3. The highest BCUT2D eigenvalue weighted by Gasteiger charge is 2.01. The number of halogens is 1. The van der Waals surface area contributed by atoms with Crippen molar-refractivity contribution in [2.75, 3.05) is 6.61 Å². The van der Waals surface area contributed by atoms with Crippen LogP contribution in [0.3, 0.4) is 0 Å². The summed E-state index contributed by atoms with van der Waals surface area (Å²) >= 11 is 5.15. The quantitative estimate of drug-likeness (QED) is 0.523. The summed E-state index contributed by atoms with van der Waals surface area (Å²) in [4.78, 5) is 0. The minimum atomic E-state index is -0.193. The molecule has 0 bridgehead atoms. The van der Waals surface area contributed by atoms with Gasteiger partial charge in [0.15, 0.2) is 0 Å². The monoisotopic (exact) mass is 121 g/mol. The molecule has 1 unspecified atom stereocenters. The molecule has 0 saturated carbocycles. The van der Waals surface area contributed by atoms with Crippen molar-refractivity contribution in [1.29, 1.82) is 5.41 Å². The molecule has 0 spiro atoms. The van der Waals surface area contributed by atoms with Crippen LogP contribution in [-0.4, -0.2) is 16.9 Å². The van der Waals surface area contributed by atoms with E-state index in [4.69, 9.17) is 22.1 Å². The van der Waals surface area contributed by atoms with Crippen LogP contribution in [0.5, 0.6) is 0 Å². The predicted octanol–water partition coefficient (Wildman–Crippen LogP) is 0.831. The fraction of sp³-hybridized carbons (Fsp3) is 0.750. The first-order chi connectivity index (χ1) is 3.18. The maximum atomic E-state index is 8.28. The van der Waals surface area contributed by atoms with Gasteiger partial charge < -0.3 is 5.11 Å². The number of rotatable bonds is 2. The van der Waals surface area contributed by atoms with Gasteiger partial charge in [-0.15, -0.1) is 0 Å². The predicted molar refractivity (Wildman–Crippen MR) is 29.8 cm³/mol. The van der Waals surface area contributed by atoms with E-state index >= 15 is 0 Å². The van der Waals surface area contributed by atoms with E-state index in [1.165, 1.54) is 0 Å². The fourth-order valence-electron chi connectivity index (χ4n) is 0.0801. The van der Waals surface area contributed by atoms with Crippen LogP contribution >= 0.6 is 11.6 Å². The van der Waals surface area contributed by atoms with E-state index in [1.807, 2.05) is 0 Å². The van der Waals surface area contributed by atoms with Gasteiger partial charge in [0.2, 0.25) is 0 Å². The normalized spacial score (nSPS) is 13.6. The number of hydrogen-bond donors (Lipinski definition) is 2. The van der Waals surface area contributed by atoms with Crippen molar-refractivity contribution >= 4 is 16.8 Å². The lowest BCUT2D eigenvalue weighted by atomic mass is 10.2. The van der Waals surface area contributed by atoms with E-state index < -0.39 is 0 Å². The zero-order valence-electron chi connectivity index (χ0n) is 4.11. The molecule has 0 aliphatic heterocycles. The molecule has 3 heteroatoms. The van der Waals surface area contributed by atoms with Gasteiger partial charge in [0.25, 0.3) is 0 Å². The molecule has 0 rings (SSSR count). The highest BCUT2D eigenvalue weighted by atomic mass is 35.5. The minimum Gasteiger partial charge on any atom is -0.396 e. The fourth-order valence-corrected chi connectivity index (χ4v) is 0.149. The third-order valence-electron chi connectivity index (χ3n) is 0.707. The summed E-state index contributed by atoms with van der Waals surface area (Å²) in [6, 6.07) is 0. The van der Waals surface area contributed by atoms with Gasteiger partial charge >= 0.3 is 0 Å². The van der Waals surface area contributed by atoms with Crippen LogP contribution in [0, 0.1) is 11.3 Å². The minimum absolute atomic E-state index is 0.0162. The maximum Gasteiger partial charge on any atom is 0.102 e. The second-order valence-corrected chi connectivity index (χ2v) is 1.84. The lowest BCUT2D eigenvalue weighted by Gasteiger charge is -1.98. The molecule has 7 heavy (non-hydrogen) atoms. The third-order valence-corrected chi connectivity index (χ3v) is 1.08. The molecule has 0 fully saturated rings. The molecule has 0 aromatic rings. The summed E-state index contributed by atoms with van der Waals surface area (Å²) in [7, 11) is 0. The molecule has 0 aromatic heterocycles. The van der Waals surface area contributed by atoms with Crippen molar-refractivity contribution < 1.29 is 5.11 Å². The van der Waals surface area contributed by atoms with E-state index in [-0.39, 0.29) is 17.7 Å². The molecule has 2 nitrogen and oxygen atoms in total. The highest BCUT2D eigenvalue weighted by molar-refractivity contribution is 6.64. The Labute approximate surface area is 47.6 Å². The molecule has 0 saturated heterocycles. The third kappa shape index (κ3) is 2.60. The molecule has 0 aliphatic rings. The topological polar surface area (TPSA) is 44.1 Å². The molecular formula is C4H8ClNO. The Kier molecular flexibility index (Phi) is 2.96. The van der Waals surface area contributed by atoms with Crippen LogP contribution in [0.15, 0.2) is 0 Å². The molecule has 0 aromatic carbocycles. The number of hydrogen-bond acceptors (Lipinski definition) is 2. The lowest BCUT2D eigenvalue weighted by Crippen LogP contribution is -2.06. The van der Waals surface area contributed by atoms with Crippen molar-refractivity contribution in [3.05, 3.63) is 0 Å². The molecule has 0 amide bonds. The summed E-state index contributed by atoms with van der Waals surface area (Å²) in [5, 5.41) is 15.0. The molecule has 0 radical (unpaired) electrons. The Balaban J connectivity index is 3.34. The Morgan fingerprint density at radius 3 is 2.43 bits per heavy atom. The first kappa shape index (κ1) is 6.92. The molecule has 0 heterocycles. The maximum absolute atomic E-state index is 8.28. The Morgan fingerprint density at radius 1 is 2.00 bits per heavy atom. The van der Waals surface area contributed by atoms with Crippen molar-refractivity contribution in [2.24, 2.45) is 5.92 Å². The lowest BCUT2D eigenvalue weighted by molar-refractivity contribution is 0.271. The van der Waals surface area contributed by atoms with Gasteiger partial charge in [-0.25, -0.2) is 0 Å². The van der Waals surface area contributed by atoms with Crippen LogP contribution < -0.4 is 0 Å². The summed E-state index contributed by atoms with van der Waals surface area (Å²) in [6.45, 7) is 1.65. The van der Waals surface area contributed by atoms with Gasteiger partial charge in [0.05, 0.1) is 6.61 Å². The largest absolute Gasteiger partial charge is 0.396 e. The molecule has 2 N–H and O–H groups in total. The number of nitrogens with one attached hydrogen (secondary N) is 1. The second-order valence-electron chi connectivity index (χ2n) is 1.43. The van der Waals surface area contributed by atoms with Gasteiger partial charge in [-0.1, -0.05) is 18.5 Å². The summed E-state index contributed by atoms with van der Waals surface area (Å²) in [5.74, 6) is -0.193. The Hall–Kier alpha value is -0.0800. The first-order valence-electron chi connectivity index (χ1n) is 2.03. The Bertz CT molecular complexity index is 74.1. The van der Waals surface area contributed by atoms with Crippen molar-refractivity contribution in [1.82, 2.24) is 0 Å². The smallest absolute Gasteiger partial charge is 0.102 e. The van der Waals surface area contributed by atoms with Crippen molar-refractivity contribution in [3.63, 3.8) is 0 Å². The van der Waals surface area contributed by atoms with Crippen molar-refractivity contribution in [3.8, 4) is 0 Å². The average Bonchev–Trinajstić information content (AvgIpc) is 1.65. The SMILES string of the molecule is CC(CO)C(=N)Cl. The Morgan fingerprint density at radius 2 is 2.43 bits per heavy atom. The second kappa shape index (κ2) is 2.99. The number of aliphatic hydroxyl groups is 1. The van der Waals surface area contributed by atoms with Crippen LogP contribution in [0.25, 0.3) is 0 Å². The van der Waals surface area contributed by atoms with E-state index in [0.717, 1.165) is 0 Å². The summed E-state index contributed by atoms with van der Waals surface area (Å²) < 4.78 is 0. The molecule has 0 aliphatic carbocycles. The van der Waals surface area contributed by atoms with Crippen LogP contribution in [0.4, 0.5) is 0 Å².